The Bertz CT molecular complexity index is 628. The monoisotopic (exact) mass is 272 g/mol. The van der Waals surface area contributed by atoms with Gasteiger partial charge in [-0.15, -0.1) is 0 Å². The maximum atomic E-state index is 11.4. The zero-order chi connectivity index (χ0) is 14.5. The topological polar surface area (TPSA) is 90.1 Å². The summed E-state index contributed by atoms with van der Waals surface area (Å²) in [7, 11) is 1.34. The molecule has 1 heterocycles. The van der Waals surface area contributed by atoms with Gasteiger partial charge in [0.2, 0.25) is 0 Å². The minimum Gasteiger partial charge on any atom is -0.465 e. The van der Waals surface area contributed by atoms with Gasteiger partial charge in [-0.25, -0.2) is 14.8 Å². The Balaban J connectivity index is 2.08. The molecule has 6 nitrogen and oxygen atoms in total. The summed E-state index contributed by atoms with van der Waals surface area (Å²) < 4.78 is 4.64. The molecule has 0 unspecified atom stereocenters. The van der Waals surface area contributed by atoms with Crippen LogP contribution < -0.4 is 11.1 Å². The lowest BCUT2D eigenvalue weighted by atomic mass is 10.1. The van der Waals surface area contributed by atoms with Gasteiger partial charge in [-0.3, -0.25) is 0 Å². The first-order chi connectivity index (χ1) is 9.60. The molecule has 1 aromatic carbocycles. The molecule has 0 amide bonds. The average molecular weight is 272 g/mol. The Kier molecular flexibility index (Phi) is 4.14. The van der Waals surface area contributed by atoms with E-state index in [1.165, 1.54) is 7.11 Å². The first-order valence-corrected chi connectivity index (χ1v) is 6.10. The zero-order valence-electron chi connectivity index (χ0n) is 11.4. The lowest BCUT2D eigenvalue weighted by Gasteiger charge is -2.10. The molecule has 0 aliphatic heterocycles. The van der Waals surface area contributed by atoms with Crippen LogP contribution in [-0.2, 0) is 11.3 Å². The Morgan fingerprint density at radius 2 is 2.20 bits per heavy atom. The molecule has 3 N–H and O–H groups in total. The number of esters is 1. The van der Waals surface area contributed by atoms with E-state index in [2.05, 4.69) is 20.0 Å². The summed E-state index contributed by atoms with van der Waals surface area (Å²) >= 11 is 0. The minimum atomic E-state index is -0.408. The van der Waals surface area contributed by atoms with Crippen LogP contribution in [0.25, 0.3) is 0 Å². The Morgan fingerprint density at radius 3 is 2.85 bits per heavy atom. The van der Waals surface area contributed by atoms with Crippen LogP contribution in [0.1, 0.15) is 21.9 Å². The number of nitrogens with two attached hydrogens (primary N) is 1. The first kappa shape index (κ1) is 13.8. The quantitative estimate of drug-likeness (QED) is 0.651. The third-order valence-corrected chi connectivity index (χ3v) is 2.77. The average Bonchev–Trinajstić information content (AvgIpc) is 2.45. The van der Waals surface area contributed by atoms with Gasteiger partial charge in [-0.05, 0) is 31.2 Å². The maximum Gasteiger partial charge on any atom is 0.337 e. The first-order valence-electron chi connectivity index (χ1n) is 6.10. The fourth-order valence-corrected chi connectivity index (χ4v) is 1.76. The van der Waals surface area contributed by atoms with E-state index in [4.69, 9.17) is 5.73 Å². The molecule has 20 heavy (non-hydrogen) atoms. The van der Waals surface area contributed by atoms with E-state index < -0.39 is 5.97 Å². The number of nitrogens with one attached hydrogen (secondary N) is 1. The molecule has 1 aromatic heterocycles. The zero-order valence-corrected chi connectivity index (χ0v) is 11.4. The van der Waals surface area contributed by atoms with Crippen LogP contribution in [0.3, 0.4) is 0 Å². The van der Waals surface area contributed by atoms with Crippen molar-refractivity contribution in [3.63, 3.8) is 0 Å². The highest BCUT2D eigenvalue weighted by atomic mass is 16.5. The maximum absolute atomic E-state index is 11.4. The highest BCUT2D eigenvalue weighted by Crippen LogP contribution is 2.20. The van der Waals surface area contributed by atoms with Gasteiger partial charge in [-0.2, -0.15) is 0 Å². The van der Waals surface area contributed by atoms with Crippen molar-refractivity contribution in [2.45, 2.75) is 13.5 Å². The number of hydrogen-bond acceptors (Lipinski definition) is 6. The van der Waals surface area contributed by atoms with Gasteiger partial charge in [0.05, 0.1) is 36.3 Å². The molecular weight excluding hydrogens is 256 g/mol. The van der Waals surface area contributed by atoms with Gasteiger partial charge >= 0.3 is 5.97 Å². The summed E-state index contributed by atoms with van der Waals surface area (Å²) in [6.45, 7) is 2.37. The minimum absolute atomic E-state index is 0.408. The van der Waals surface area contributed by atoms with E-state index >= 15 is 0 Å². The number of carbonyl (C=O) groups is 1. The van der Waals surface area contributed by atoms with Gasteiger partial charge in [0.25, 0.3) is 0 Å². The number of carbonyl (C=O) groups excluding carboxylic acids is 1. The molecule has 104 valence electrons. The molecule has 0 fully saturated rings. The molecule has 0 spiro atoms. The molecule has 0 saturated heterocycles. The van der Waals surface area contributed by atoms with Crippen molar-refractivity contribution < 1.29 is 9.53 Å². The van der Waals surface area contributed by atoms with Crippen molar-refractivity contribution in [2.75, 3.05) is 18.2 Å². The second-order valence-electron chi connectivity index (χ2n) is 4.24. The third kappa shape index (κ3) is 3.23. The molecule has 0 aliphatic carbocycles. The molecule has 0 bridgehead atoms. The summed E-state index contributed by atoms with van der Waals surface area (Å²) in [5, 5.41) is 3.17. The van der Waals surface area contributed by atoms with E-state index in [1.807, 2.05) is 13.0 Å². The van der Waals surface area contributed by atoms with Gasteiger partial charge in [-0.1, -0.05) is 0 Å². The van der Waals surface area contributed by atoms with Crippen LogP contribution in [0.4, 0.5) is 11.4 Å². The number of nitrogen functional groups attached to an aromatic ring is 1. The van der Waals surface area contributed by atoms with E-state index in [0.717, 1.165) is 17.2 Å². The predicted molar refractivity (Wildman–Crippen MR) is 76.3 cm³/mol. The van der Waals surface area contributed by atoms with Crippen LogP contribution in [0.15, 0.2) is 30.5 Å². The van der Waals surface area contributed by atoms with Crippen molar-refractivity contribution >= 4 is 17.3 Å². The number of aromatic nitrogens is 2. The number of aryl methyl sites for hydroxylation is 1. The van der Waals surface area contributed by atoms with E-state index in [9.17, 15) is 4.79 Å². The summed E-state index contributed by atoms with van der Waals surface area (Å²) in [4.78, 5) is 19.7. The Labute approximate surface area is 117 Å². The second kappa shape index (κ2) is 6.01. The number of rotatable bonds is 4. The van der Waals surface area contributed by atoms with Gasteiger partial charge in [0.15, 0.2) is 0 Å². The summed E-state index contributed by atoms with van der Waals surface area (Å²) in [6.07, 6.45) is 1.71. The van der Waals surface area contributed by atoms with Crippen LogP contribution in [0.5, 0.6) is 0 Å². The Morgan fingerprint density at radius 1 is 1.40 bits per heavy atom. The molecule has 0 aliphatic rings. The number of nitrogens with zero attached hydrogens (tertiary/aromatic N) is 2. The third-order valence-electron chi connectivity index (χ3n) is 2.77. The van der Waals surface area contributed by atoms with Crippen molar-refractivity contribution in [1.82, 2.24) is 9.97 Å². The van der Waals surface area contributed by atoms with Crippen molar-refractivity contribution in [2.24, 2.45) is 0 Å². The highest BCUT2D eigenvalue weighted by Gasteiger charge is 2.08. The van der Waals surface area contributed by atoms with Crippen molar-refractivity contribution in [1.29, 1.82) is 0 Å². The van der Waals surface area contributed by atoms with Crippen molar-refractivity contribution in [3.8, 4) is 0 Å². The smallest absolute Gasteiger partial charge is 0.337 e. The molecule has 6 heteroatoms. The van der Waals surface area contributed by atoms with E-state index in [-0.39, 0.29) is 0 Å². The molecular formula is C14H16N4O2. The standard InChI is InChI=1S/C14H16N4O2/c1-9-16-6-5-11(18-9)8-17-13-4-3-10(7-12(13)15)14(19)20-2/h3-7,17H,8,15H2,1-2H3. The SMILES string of the molecule is COC(=O)c1ccc(NCc2ccnc(C)n2)c(N)c1. The fraction of sp³-hybridized carbons (Fsp3) is 0.214. The highest BCUT2D eigenvalue weighted by molar-refractivity contribution is 5.91. The van der Waals surface area contributed by atoms with Crippen LogP contribution in [0, 0.1) is 6.92 Å². The van der Waals surface area contributed by atoms with Gasteiger partial charge < -0.3 is 15.8 Å². The molecule has 0 atom stereocenters. The van der Waals surface area contributed by atoms with Crippen LogP contribution >= 0.6 is 0 Å². The summed E-state index contributed by atoms with van der Waals surface area (Å²) in [6, 6.07) is 6.82. The predicted octanol–water partition coefficient (Wildman–Crippen LogP) is 1.77. The second-order valence-corrected chi connectivity index (χ2v) is 4.24. The fourth-order valence-electron chi connectivity index (χ4n) is 1.76. The largest absolute Gasteiger partial charge is 0.465 e. The molecule has 0 saturated carbocycles. The summed E-state index contributed by atoms with van der Waals surface area (Å²) in [5.41, 5.74) is 8.43. The lowest BCUT2D eigenvalue weighted by molar-refractivity contribution is 0.0601. The summed E-state index contributed by atoms with van der Waals surface area (Å²) in [5.74, 6) is 0.313. The van der Waals surface area contributed by atoms with Crippen LogP contribution in [-0.4, -0.2) is 23.0 Å². The van der Waals surface area contributed by atoms with E-state index in [1.54, 1.807) is 24.4 Å². The van der Waals surface area contributed by atoms with Crippen molar-refractivity contribution in [3.05, 3.63) is 47.5 Å². The number of ether oxygens (including phenoxy) is 1. The normalized spacial score (nSPS) is 10.1. The molecule has 2 rings (SSSR count). The molecule has 2 aromatic rings. The number of anilines is 2. The number of benzene rings is 1. The lowest BCUT2D eigenvalue weighted by Crippen LogP contribution is -2.07. The molecule has 0 radical (unpaired) electrons. The van der Waals surface area contributed by atoms with Crippen LogP contribution in [0.2, 0.25) is 0 Å². The number of methoxy groups -OCH3 is 1. The van der Waals surface area contributed by atoms with Gasteiger partial charge in [0, 0.05) is 6.20 Å². The van der Waals surface area contributed by atoms with Gasteiger partial charge in [0.1, 0.15) is 5.82 Å². The van der Waals surface area contributed by atoms with E-state index in [0.29, 0.717) is 17.8 Å². The Hall–Kier alpha value is -2.63. The number of hydrogen-bond donors (Lipinski definition) is 2.